The predicted molar refractivity (Wildman–Crippen MR) is 139 cm³/mol. The molecular formula is C29H45NO5. The number of likely N-dealkylation sites (N-methyl/N-ethyl adjacent to an activating group) is 1. The van der Waals surface area contributed by atoms with Gasteiger partial charge >= 0.3 is 5.97 Å². The third-order valence-electron chi connectivity index (χ3n) is 7.99. The number of rotatable bonds is 10. The molecule has 1 saturated carbocycles. The topological polar surface area (TPSA) is 79.2 Å². The number of hydrogen-bond donors (Lipinski definition) is 2. The summed E-state index contributed by atoms with van der Waals surface area (Å²) in [6, 6.07) is -0.120. The van der Waals surface area contributed by atoms with Crippen LogP contribution in [0.25, 0.3) is 0 Å². The molecule has 9 atom stereocenters. The molecule has 6 nitrogen and oxygen atoms in total. The van der Waals surface area contributed by atoms with Gasteiger partial charge in [0.2, 0.25) is 0 Å². The molecule has 0 bridgehead atoms. The number of aliphatic hydroxyl groups excluding tert-OH is 1. The van der Waals surface area contributed by atoms with E-state index in [-0.39, 0.29) is 30.8 Å². The Bertz CT molecular complexity index is 844. The average Bonchev–Trinajstić information content (AvgIpc) is 3.43. The summed E-state index contributed by atoms with van der Waals surface area (Å²) in [7, 11) is 3.83. The minimum atomic E-state index is -0.872. The maximum atomic E-state index is 11.2. The van der Waals surface area contributed by atoms with Crippen molar-refractivity contribution in [1.29, 1.82) is 0 Å². The second-order valence-corrected chi connectivity index (χ2v) is 10.8. The van der Waals surface area contributed by atoms with E-state index in [2.05, 4.69) is 58.1 Å². The number of aliphatic carboxylic acids is 1. The summed E-state index contributed by atoms with van der Waals surface area (Å²) in [4.78, 5) is 13.2. The molecule has 196 valence electrons. The smallest absolute Gasteiger partial charge is 0.305 e. The van der Waals surface area contributed by atoms with Crippen LogP contribution in [0.1, 0.15) is 59.8 Å². The maximum Gasteiger partial charge on any atom is 0.305 e. The molecule has 1 saturated heterocycles. The summed E-state index contributed by atoms with van der Waals surface area (Å²) in [5.41, 5.74) is 2.64. The van der Waals surface area contributed by atoms with E-state index in [0.717, 1.165) is 19.3 Å². The number of carboxylic acids is 1. The molecule has 0 aromatic carbocycles. The molecule has 0 amide bonds. The number of hydrogen-bond acceptors (Lipinski definition) is 5. The first-order valence-electron chi connectivity index (χ1n) is 13.2. The van der Waals surface area contributed by atoms with Crippen LogP contribution in [0.2, 0.25) is 0 Å². The Labute approximate surface area is 211 Å². The highest BCUT2D eigenvalue weighted by atomic mass is 16.5. The monoisotopic (exact) mass is 487 g/mol. The molecule has 2 fully saturated rings. The normalized spacial score (nSPS) is 38.3. The van der Waals surface area contributed by atoms with E-state index in [9.17, 15) is 15.0 Å². The summed E-state index contributed by atoms with van der Waals surface area (Å²) in [5, 5.41) is 20.0. The van der Waals surface area contributed by atoms with E-state index >= 15 is 0 Å². The highest BCUT2D eigenvalue weighted by Crippen LogP contribution is 2.48. The van der Waals surface area contributed by atoms with Crippen molar-refractivity contribution < 1.29 is 24.5 Å². The Balaban J connectivity index is 1.52. The van der Waals surface area contributed by atoms with Gasteiger partial charge in [0.15, 0.2) is 0 Å². The number of allylic oxidation sites excluding steroid dienone is 4. The Kier molecular flexibility index (Phi) is 9.94. The van der Waals surface area contributed by atoms with Gasteiger partial charge < -0.3 is 24.6 Å². The van der Waals surface area contributed by atoms with Gasteiger partial charge in [0.25, 0.3) is 0 Å². The number of nitrogens with zero attached hydrogens (tertiary/aromatic N) is 1. The van der Waals surface area contributed by atoms with Gasteiger partial charge in [-0.05, 0) is 82.5 Å². The van der Waals surface area contributed by atoms with Gasteiger partial charge in [-0.25, -0.2) is 0 Å². The SMILES string of the molecule is CCC1OC(C(C)=CCC=CC2C(C)C2C=CC2OC(CC(=O)O)CC(N(C)C)C2O)CC=C1C. The third kappa shape index (κ3) is 7.39. The molecule has 0 radical (unpaired) electrons. The van der Waals surface area contributed by atoms with Crippen LogP contribution in [-0.4, -0.2) is 71.7 Å². The molecule has 2 heterocycles. The quantitative estimate of drug-likeness (QED) is 0.433. The van der Waals surface area contributed by atoms with Crippen LogP contribution in [0.5, 0.6) is 0 Å². The van der Waals surface area contributed by atoms with Gasteiger partial charge in [-0.2, -0.15) is 0 Å². The van der Waals surface area contributed by atoms with Gasteiger partial charge in [-0.1, -0.05) is 50.3 Å². The fraction of sp³-hybridized carbons (Fsp3) is 0.690. The first-order chi connectivity index (χ1) is 16.6. The fourth-order valence-corrected chi connectivity index (χ4v) is 5.48. The zero-order valence-corrected chi connectivity index (χ0v) is 22.3. The number of ether oxygens (including phenoxy) is 2. The number of aliphatic hydroxyl groups is 1. The van der Waals surface area contributed by atoms with Crippen LogP contribution in [-0.2, 0) is 14.3 Å². The van der Waals surface area contributed by atoms with E-state index in [4.69, 9.17) is 9.47 Å². The molecule has 2 aliphatic heterocycles. The minimum Gasteiger partial charge on any atom is -0.481 e. The van der Waals surface area contributed by atoms with Crippen molar-refractivity contribution in [2.75, 3.05) is 14.1 Å². The van der Waals surface area contributed by atoms with Crippen LogP contribution in [0, 0.1) is 17.8 Å². The lowest BCUT2D eigenvalue weighted by molar-refractivity contribution is -0.153. The zero-order chi connectivity index (χ0) is 25.7. The van der Waals surface area contributed by atoms with E-state index in [1.807, 2.05) is 25.1 Å². The molecule has 1 aliphatic carbocycles. The van der Waals surface area contributed by atoms with Crippen LogP contribution >= 0.6 is 0 Å². The van der Waals surface area contributed by atoms with Crippen molar-refractivity contribution in [2.24, 2.45) is 17.8 Å². The third-order valence-corrected chi connectivity index (χ3v) is 7.99. The molecule has 0 aromatic rings. The minimum absolute atomic E-state index is 0.0412. The Hall–Kier alpha value is -1.73. The lowest BCUT2D eigenvalue weighted by Crippen LogP contribution is -2.53. The van der Waals surface area contributed by atoms with Crippen LogP contribution in [0.3, 0.4) is 0 Å². The second kappa shape index (κ2) is 12.5. The summed E-state index contributed by atoms with van der Waals surface area (Å²) < 4.78 is 12.2. The standard InChI is InChI=1S/C29H45NO5/c1-7-25-19(3)12-14-26(35-25)18(2)10-8-9-11-22-20(4)23(22)13-15-27-29(33)24(30(5)6)16-21(34-27)17-28(31)32/h9-13,15,20-27,29,33H,7-8,14,16-17H2,1-6H3,(H,31,32). The lowest BCUT2D eigenvalue weighted by atomic mass is 9.92. The van der Waals surface area contributed by atoms with E-state index in [1.54, 1.807) is 0 Å². The van der Waals surface area contributed by atoms with Crippen molar-refractivity contribution in [3.8, 4) is 0 Å². The average molecular weight is 488 g/mol. The lowest BCUT2D eigenvalue weighted by Gasteiger charge is -2.41. The van der Waals surface area contributed by atoms with Crippen molar-refractivity contribution in [1.82, 2.24) is 4.90 Å². The van der Waals surface area contributed by atoms with Gasteiger partial charge in [-0.15, -0.1) is 0 Å². The van der Waals surface area contributed by atoms with E-state index in [0.29, 0.717) is 24.2 Å². The zero-order valence-electron chi connectivity index (χ0n) is 22.3. The first kappa shape index (κ1) is 27.9. The van der Waals surface area contributed by atoms with Gasteiger partial charge in [0, 0.05) is 6.04 Å². The molecule has 3 aliphatic rings. The van der Waals surface area contributed by atoms with Crippen LogP contribution < -0.4 is 0 Å². The molecule has 9 unspecified atom stereocenters. The molecule has 0 spiro atoms. The van der Waals surface area contributed by atoms with Crippen LogP contribution in [0.4, 0.5) is 0 Å². The maximum absolute atomic E-state index is 11.2. The molecule has 0 aromatic heterocycles. The molecular weight excluding hydrogens is 442 g/mol. The molecule has 2 N–H and O–H groups in total. The van der Waals surface area contributed by atoms with Gasteiger partial charge in [0.1, 0.15) is 6.10 Å². The summed E-state index contributed by atoms with van der Waals surface area (Å²) in [6.07, 6.45) is 15.5. The molecule has 3 rings (SSSR count). The second-order valence-electron chi connectivity index (χ2n) is 10.8. The Morgan fingerprint density at radius 3 is 2.57 bits per heavy atom. The Morgan fingerprint density at radius 2 is 1.91 bits per heavy atom. The van der Waals surface area contributed by atoms with E-state index in [1.165, 1.54) is 11.1 Å². The summed E-state index contributed by atoms with van der Waals surface area (Å²) in [5.74, 6) is 0.586. The summed E-state index contributed by atoms with van der Waals surface area (Å²) in [6.45, 7) is 8.74. The van der Waals surface area contributed by atoms with Crippen molar-refractivity contribution >= 4 is 5.97 Å². The Morgan fingerprint density at radius 1 is 1.20 bits per heavy atom. The van der Waals surface area contributed by atoms with Gasteiger partial charge in [-0.3, -0.25) is 4.79 Å². The van der Waals surface area contributed by atoms with Crippen molar-refractivity contribution in [3.05, 3.63) is 47.6 Å². The number of carbonyl (C=O) groups is 1. The predicted octanol–water partition coefficient (Wildman–Crippen LogP) is 4.75. The largest absolute Gasteiger partial charge is 0.481 e. The molecule has 35 heavy (non-hydrogen) atoms. The molecule has 6 heteroatoms. The summed E-state index contributed by atoms with van der Waals surface area (Å²) >= 11 is 0. The fourth-order valence-electron chi connectivity index (χ4n) is 5.48. The number of carboxylic acid groups (broad SMARTS) is 1. The van der Waals surface area contributed by atoms with Crippen molar-refractivity contribution in [2.45, 2.75) is 96.4 Å². The van der Waals surface area contributed by atoms with Crippen LogP contribution in [0.15, 0.2) is 47.6 Å². The highest BCUT2D eigenvalue weighted by Gasteiger charge is 2.43. The van der Waals surface area contributed by atoms with Gasteiger partial charge in [0.05, 0.1) is 30.8 Å². The first-order valence-corrected chi connectivity index (χ1v) is 13.2. The highest BCUT2D eigenvalue weighted by molar-refractivity contribution is 5.67. The van der Waals surface area contributed by atoms with E-state index < -0.39 is 18.2 Å². The van der Waals surface area contributed by atoms with Crippen molar-refractivity contribution in [3.63, 3.8) is 0 Å².